The third-order valence-electron chi connectivity index (χ3n) is 5.48. The number of likely N-dealkylation sites (tertiary alicyclic amines) is 1. The third kappa shape index (κ3) is 4.12. The fourth-order valence-corrected chi connectivity index (χ4v) is 3.81. The lowest BCUT2D eigenvalue weighted by atomic mass is 9.85. The maximum Gasteiger partial charge on any atom is 0.256 e. The highest BCUT2D eigenvalue weighted by molar-refractivity contribution is 5.99. The number of carbonyl (C=O) groups excluding carboxylic acids is 1. The van der Waals surface area contributed by atoms with Crippen LogP contribution in [0.15, 0.2) is 67.1 Å². The second-order valence-corrected chi connectivity index (χ2v) is 7.46. The first-order chi connectivity index (χ1) is 14.1. The van der Waals surface area contributed by atoms with E-state index in [0.29, 0.717) is 43.6 Å². The number of aromatic nitrogens is 2. The summed E-state index contributed by atoms with van der Waals surface area (Å²) in [5.41, 5.74) is 1.82. The zero-order valence-electron chi connectivity index (χ0n) is 16.0. The molecule has 1 saturated heterocycles. The highest BCUT2D eigenvalue weighted by Crippen LogP contribution is 2.31. The number of nitrogens with zero attached hydrogens (tertiary/aromatic N) is 3. The van der Waals surface area contributed by atoms with Crippen molar-refractivity contribution >= 4 is 5.91 Å². The average molecular weight is 389 g/mol. The van der Waals surface area contributed by atoms with Gasteiger partial charge in [0.1, 0.15) is 5.75 Å². The summed E-state index contributed by atoms with van der Waals surface area (Å²) in [5, 5.41) is 21.0. The lowest BCUT2D eigenvalue weighted by Gasteiger charge is -2.38. The Hall–Kier alpha value is -3.25. The molecule has 3 heterocycles. The number of hydrogen-bond donors (Lipinski definition) is 2. The molecule has 148 valence electrons. The monoisotopic (exact) mass is 389 g/mol. The van der Waals surface area contributed by atoms with E-state index in [0.717, 1.165) is 11.1 Å². The second-order valence-electron chi connectivity index (χ2n) is 7.46. The van der Waals surface area contributed by atoms with Crippen molar-refractivity contribution in [1.82, 2.24) is 14.9 Å². The summed E-state index contributed by atoms with van der Waals surface area (Å²) in [6.45, 7) is 0.904. The number of para-hydroxylation sites is 1. The first-order valence-corrected chi connectivity index (χ1v) is 9.70. The van der Waals surface area contributed by atoms with Crippen LogP contribution in [0.25, 0.3) is 11.3 Å². The minimum absolute atomic E-state index is 0.0884. The van der Waals surface area contributed by atoms with Crippen molar-refractivity contribution in [3.05, 3.63) is 78.2 Å². The Bertz CT molecular complexity index is 999. The molecule has 6 heteroatoms. The molecule has 3 aromatic rings. The van der Waals surface area contributed by atoms with Gasteiger partial charge in [0, 0.05) is 43.7 Å². The van der Waals surface area contributed by atoms with Crippen molar-refractivity contribution in [3.8, 4) is 17.0 Å². The van der Waals surface area contributed by atoms with E-state index in [1.165, 1.54) is 0 Å². The first-order valence-electron chi connectivity index (χ1n) is 9.70. The highest BCUT2D eigenvalue weighted by Gasteiger charge is 2.35. The SMILES string of the molecule is O=C(c1cccnc1-c1ccncc1)N1CCC(O)(Cc2ccccc2O)CC1. The van der Waals surface area contributed by atoms with Crippen molar-refractivity contribution in [2.45, 2.75) is 24.9 Å². The quantitative estimate of drug-likeness (QED) is 0.716. The molecule has 0 spiro atoms. The van der Waals surface area contributed by atoms with E-state index in [9.17, 15) is 15.0 Å². The summed E-state index contributed by atoms with van der Waals surface area (Å²) in [7, 11) is 0. The Morgan fingerprint density at radius 2 is 1.72 bits per heavy atom. The van der Waals surface area contributed by atoms with Gasteiger partial charge in [-0.3, -0.25) is 14.8 Å². The molecule has 0 saturated carbocycles. The Morgan fingerprint density at radius 1 is 1.00 bits per heavy atom. The fraction of sp³-hybridized carbons (Fsp3) is 0.261. The Labute approximate surface area is 169 Å². The van der Waals surface area contributed by atoms with Crippen molar-refractivity contribution in [1.29, 1.82) is 0 Å². The summed E-state index contributed by atoms with van der Waals surface area (Å²) in [4.78, 5) is 23.4. The molecule has 1 fully saturated rings. The molecule has 29 heavy (non-hydrogen) atoms. The van der Waals surface area contributed by atoms with Crippen LogP contribution in [0.5, 0.6) is 5.75 Å². The molecule has 6 nitrogen and oxygen atoms in total. The first kappa shape index (κ1) is 19.1. The number of phenols is 1. The van der Waals surface area contributed by atoms with Crippen molar-refractivity contribution in [3.63, 3.8) is 0 Å². The summed E-state index contributed by atoms with van der Waals surface area (Å²) in [6, 6.07) is 14.3. The molecule has 0 aliphatic carbocycles. The van der Waals surface area contributed by atoms with Gasteiger partial charge < -0.3 is 15.1 Å². The van der Waals surface area contributed by atoms with Gasteiger partial charge in [0.15, 0.2) is 0 Å². The van der Waals surface area contributed by atoms with E-state index in [2.05, 4.69) is 9.97 Å². The normalized spacial score (nSPS) is 15.8. The number of phenolic OH excluding ortho intramolecular Hbond substituents is 1. The molecular weight excluding hydrogens is 366 g/mol. The Kier molecular flexibility index (Phi) is 5.27. The standard InChI is InChI=1S/C23H23N3O3/c27-20-6-2-1-4-18(20)16-23(29)9-14-26(15-10-23)22(28)19-5-3-11-25-21(19)17-7-12-24-13-8-17/h1-8,11-13,27,29H,9-10,14-16H2. The predicted octanol–water partition coefficient (Wildman–Crippen LogP) is 3.06. The molecule has 0 bridgehead atoms. The van der Waals surface area contributed by atoms with Crippen LogP contribution >= 0.6 is 0 Å². The topological polar surface area (TPSA) is 86.6 Å². The predicted molar refractivity (Wildman–Crippen MR) is 109 cm³/mol. The van der Waals surface area contributed by atoms with E-state index >= 15 is 0 Å². The van der Waals surface area contributed by atoms with Gasteiger partial charge in [-0.25, -0.2) is 0 Å². The molecular formula is C23H23N3O3. The number of aromatic hydroxyl groups is 1. The van der Waals surface area contributed by atoms with E-state index in [1.807, 2.05) is 24.3 Å². The molecule has 1 aliphatic heterocycles. The van der Waals surface area contributed by atoms with Gasteiger partial charge in [0.2, 0.25) is 0 Å². The Morgan fingerprint density at radius 3 is 2.45 bits per heavy atom. The lowest BCUT2D eigenvalue weighted by molar-refractivity contribution is -0.0165. The van der Waals surface area contributed by atoms with Crippen molar-refractivity contribution < 1.29 is 15.0 Å². The number of benzene rings is 1. The fourth-order valence-electron chi connectivity index (χ4n) is 3.81. The zero-order chi connectivity index (χ0) is 20.3. The largest absolute Gasteiger partial charge is 0.508 e. The smallest absolute Gasteiger partial charge is 0.256 e. The van der Waals surface area contributed by atoms with Gasteiger partial charge in [-0.05, 0) is 48.7 Å². The molecule has 0 radical (unpaired) electrons. The summed E-state index contributed by atoms with van der Waals surface area (Å²) < 4.78 is 0. The van der Waals surface area contributed by atoms with Gasteiger partial charge in [-0.1, -0.05) is 18.2 Å². The number of amides is 1. The van der Waals surface area contributed by atoms with Crippen LogP contribution < -0.4 is 0 Å². The number of hydrogen-bond acceptors (Lipinski definition) is 5. The van der Waals surface area contributed by atoms with Gasteiger partial charge >= 0.3 is 0 Å². The van der Waals surface area contributed by atoms with E-state index in [-0.39, 0.29) is 11.7 Å². The number of rotatable bonds is 4. The maximum absolute atomic E-state index is 13.2. The molecule has 1 amide bonds. The van der Waals surface area contributed by atoms with Crippen LogP contribution in [-0.4, -0.2) is 49.7 Å². The lowest BCUT2D eigenvalue weighted by Crippen LogP contribution is -2.47. The zero-order valence-corrected chi connectivity index (χ0v) is 16.0. The maximum atomic E-state index is 13.2. The van der Waals surface area contributed by atoms with Crippen LogP contribution in [0.1, 0.15) is 28.8 Å². The number of pyridine rings is 2. The molecule has 4 rings (SSSR count). The third-order valence-corrected chi connectivity index (χ3v) is 5.48. The molecule has 0 atom stereocenters. The highest BCUT2D eigenvalue weighted by atomic mass is 16.3. The van der Waals surface area contributed by atoms with Crippen LogP contribution in [0.3, 0.4) is 0 Å². The van der Waals surface area contributed by atoms with E-state index < -0.39 is 5.60 Å². The minimum Gasteiger partial charge on any atom is -0.508 e. The van der Waals surface area contributed by atoms with Crippen molar-refractivity contribution in [2.75, 3.05) is 13.1 Å². The molecule has 2 N–H and O–H groups in total. The van der Waals surface area contributed by atoms with E-state index in [4.69, 9.17) is 0 Å². The molecule has 1 aromatic carbocycles. The van der Waals surface area contributed by atoms with Gasteiger partial charge in [0.25, 0.3) is 5.91 Å². The van der Waals surface area contributed by atoms with Crippen LogP contribution in [0.2, 0.25) is 0 Å². The van der Waals surface area contributed by atoms with Crippen LogP contribution in [0, 0.1) is 0 Å². The molecule has 1 aliphatic rings. The summed E-state index contributed by atoms with van der Waals surface area (Å²) in [5.74, 6) is 0.103. The minimum atomic E-state index is -0.932. The number of carbonyl (C=O) groups is 1. The van der Waals surface area contributed by atoms with Crippen molar-refractivity contribution in [2.24, 2.45) is 0 Å². The Balaban J connectivity index is 1.48. The number of piperidine rings is 1. The van der Waals surface area contributed by atoms with E-state index in [1.54, 1.807) is 47.8 Å². The second kappa shape index (κ2) is 8.01. The van der Waals surface area contributed by atoms with Crippen LogP contribution in [-0.2, 0) is 6.42 Å². The molecule has 2 aromatic heterocycles. The summed E-state index contributed by atoms with van der Waals surface area (Å²) in [6.07, 6.45) is 6.32. The van der Waals surface area contributed by atoms with Gasteiger partial charge in [0.05, 0.1) is 16.9 Å². The van der Waals surface area contributed by atoms with Crippen LogP contribution in [0.4, 0.5) is 0 Å². The number of aliphatic hydroxyl groups is 1. The van der Waals surface area contributed by atoms with Gasteiger partial charge in [-0.15, -0.1) is 0 Å². The summed E-state index contributed by atoms with van der Waals surface area (Å²) >= 11 is 0. The van der Waals surface area contributed by atoms with Gasteiger partial charge in [-0.2, -0.15) is 0 Å². The molecule has 0 unspecified atom stereocenters. The average Bonchev–Trinajstić information content (AvgIpc) is 2.76.